The van der Waals surface area contributed by atoms with E-state index in [1.165, 1.54) is 37.7 Å². The van der Waals surface area contributed by atoms with Crippen molar-refractivity contribution in [3.05, 3.63) is 29.8 Å². The summed E-state index contributed by atoms with van der Waals surface area (Å²) in [5.41, 5.74) is 1.25. The van der Waals surface area contributed by atoms with Gasteiger partial charge in [-0.1, -0.05) is 31.4 Å². The van der Waals surface area contributed by atoms with Crippen LogP contribution in [0.2, 0.25) is 0 Å². The minimum absolute atomic E-state index is 0. The number of hydrogen-bond donors (Lipinski definition) is 2. The van der Waals surface area contributed by atoms with E-state index < -0.39 is 0 Å². The lowest BCUT2D eigenvalue weighted by Gasteiger charge is -2.22. The molecule has 3 heteroatoms. The maximum Gasteiger partial charge on any atom is 0.115 e. The van der Waals surface area contributed by atoms with Gasteiger partial charge in [-0.2, -0.15) is 0 Å². The normalized spacial score (nSPS) is 16.8. The highest BCUT2D eigenvalue weighted by Gasteiger charge is 2.11. The van der Waals surface area contributed by atoms with E-state index in [0.29, 0.717) is 11.8 Å². The summed E-state index contributed by atoms with van der Waals surface area (Å²) in [6.07, 6.45) is 6.77. The van der Waals surface area contributed by atoms with Crippen molar-refractivity contribution in [1.29, 1.82) is 0 Å². The summed E-state index contributed by atoms with van der Waals surface area (Å²) in [5, 5.41) is 12.7. The summed E-state index contributed by atoms with van der Waals surface area (Å²) in [4.78, 5) is 0. The highest BCUT2D eigenvalue weighted by atomic mass is 35.5. The van der Waals surface area contributed by atoms with Crippen LogP contribution in [0.1, 0.15) is 37.7 Å². The van der Waals surface area contributed by atoms with Gasteiger partial charge in [0.2, 0.25) is 0 Å². The Bertz CT molecular complexity index is 293. The van der Waals surface area contributed by atoms with Gasteiger partial charge in [-0.15, -0.1) is 0 Å². The molecule has 1 aromatic rings. The molecule has 1 fully saturated rings. The van der Waals surface area contributed by atoms with Crippen LogP contribution in [-0.4, -0.2) is 11.1 Å². The van der Waals surface area contributed by atoms with Gasteiger partial charge in [-0.05, 0) is 30.5 Å². The number of halogens is 1. The van der Waals surface area contributed by atoms with Crippen molar-refractivity contribution in [2.45, 2.75) is 44.7 Å². The summed E-state index contributed by atoms with van der Waals surface area (Å²) >= 11 is 0. The van der Waals surface area contributed by atoms with E-state index in [9.17, 15) is 0 Å². The zero-order chi connectivity index (χ0) is 10.5. The van der Waals surface area contributed by atoms with Gasteiger partial charge in [0.25, 0.3) is 0 Å². The predicted octanol–water partition coefficient (Wildman–Crippen LogP) is -0.181. The molecule has 0 bridgehead atoms. The first-order chi connectivity index (χ1) is 7.34. The minimum Gasteiger partial charge on any atom is -1.00 e. The third-order valence-electron chi connectivity index (χ3n) is 3.14. The second-order valence-electron chi connectivity index (χ2n) is 4.38. The minimum atomic E-state index is 0. The van der Waals surface area contributed by atoms with Gasteiger partial charge in [0, 0.05) is 12.6 Å². The fraction of sp³-hybridized carbons (Fsp3) is 0.538. The summed E-state index contributed by atoms with van der Waals surface area (Å²) in [6.45, 7) is 0.922. The molecular weight excluding hydrogens is 222 g/mol. The number of phenols is 1. The number of phenolic OH excluding ortho intramolecular Hbond substituents is 1. The average Bonchev–Trinajstić information content (AvgIpc) is 2.30. The van der Waals surface area contributed by atoms with Crippen molar-refractivity contribution >= 4 is 0 Å². The first kappa shape index (κ1) is 13.3. The molecule has 0 aliphatic heterocycles. The molecule has 1 aliphatic carbocycles. The Hall–Kier alpha value is -0.730. The predicted molar refractivity (Wildman–Crippen MR) is 61.8 cm³/mol. The lowest BCUT2D eigenvalue weighted by Crippen LogP contribution is -3.00. The van der Waals surface area contributed by atoms with Crippen LogP contribution >= 0.6 is 0 Å². The molecule has 2 N–H and O–H groups in total. The number of nitrogens with one attached hydrogen (secondary N) is 1. The lowest BCUT2D eigenvalue weighted by molar-refractivity contribution is -0.00000424. The van der Waals surface area contributed by atoms with Crippen LogP contribution in [0.25, 0.3) is 0 Å². The highest BCUT2D eigenvalue weighted by Crippen LogP contribution is 2.18. The van der Waals surface area contributed by atoms with E-state index in [1.807, 2.05) is 12.1 Å². The Kier molecular flexibility index (Phi) is 5.64. The van der Waals surface area contributed by atoms with Gasteiger partial charge in [-0.25, -0.2) is 0 Å². The van der Waals surface area contributed by atoms with Crippen molar-refractivity contribution in [2.24, 2.45) is 0 Å². The van der Waals surface area contributed by atoms with E-state index in [4.69, 9.17) is 5.11 Å². The smallest absolute Gasteiger partial charge is 0.115 e. The number of aromatic hydroxyl groups is 1. The summed E-state index contributed by atoms with van der Waals surface area (Å²) in [6, 6.07) is 8.15. The molecule has 1 saturated carbocycles. The molecule has 0 heterocycles. The number of hydrogen-bond acceptors (Lipinski definition) is 2. The van der Waals surface area contributed by atoms with Crippen molar-refractivity contribution < 1.29 is 17.5 Å². The molecule has 16 heavy (non-hydrogen) atoms. The van der Waals surface area contributed by atoms with Gasteiger partial charge in [0.1, 0.15) is 5.75 Å². The molecule has 1 aliphatic rings. The van der Waals surface area contributed by atoms with E-state index in [-0.39, 0.29) is 12.4 Å². The summed E-state index contributed by atoms with van der Waals surface area (Å²) < 4.78 is 0. The maximum absolute atomic E-state index is 9.15. The summed E-state index contributed by atoms with van der Waals surface area (Å²) in [7, 11) is 0. The van der Waals surface area contributed by atoms with E-state index >= 15 is 0 Å². The zero-order valence-electron chi connectivity index (χ0n) is 9.45. The number of benzene rings is 1. The Morgan fingerprint density at radius 3 is 2.31 bits per heavy atom. The fourth-order valence-electron chi connectivity index (χ4n) is 2.18. The molecule has 0 amide bonds. The lowest BCUT2D eigenvalue weighted by atomic mass is 9.95. The largest absolute Gasteiger partial charge is 1.00 e. The third-order valence-corrected chi connectivity index (χ3v) is 3.14. The molecule has 0 unspecified atom stereocenters. The second-order valence-corrected chi connectivity index (χ2v) is 4.38. The van der Waals surface area contributed by atoms with Crippen molar-refractivity contribution in [2.75, 3.05) is 0 Å². The quantitative estimate of drug-likeness (QED) is 0.769. The first-order valence-corrected chi connectivity index (χ1v) is 5.86. The van der Waals surface area contributed by atoms with E-state index in [1.54, 1.807) is 12.1 Å². The van der Waals surface area contributed by atoms with Crippen LogP contribution in [0.15, 0.2) is 24.3 Å². The molecule has 0 radical (unpaired) electrons. The molecule has 0 aromatic heterocycles. The Labute approximate surface area is 103 Å². The summed E-state index contributed by atoms with van der Waals surface area (Å²) in [5.74, 6) is 0.344. The van der Waals surface area contributed by atoms with Crippen molar-refractivity contribution in [3.8, 4) is 5.75 Å². The molecule has 0 spiro atoms. The second kappa shape index (κ2) is 6.77. The average molecular weight is 241 g/mol. The standard InChI is InChI=1S/C13H19NO.ClH/c15-13-8-6-11(7-9-13)10-14-12-4-2-1-3-5-12;/h6-9,12,14-15H,1-5,10H2;1H/p-1. The van der Waals surface area contributed by atoms with Gasteiger partial charge in [-0.3, -0.25) is 0 Å². The van der Waals surface area contributed by atoms with Gasteiger partial charge < -0.3 is 22.8 Å². The Morgan fingerprint density at radius 2 is 1.69 bits per heavy atom. The Morgan fingerprint density at radius 1 is 1.06 bits per heavy atom. The molecule has 0 saturated heterocycles. The SMILES string of the molecule is Oc1ccc(CNC2CCCCC2)cc1.[Cl-]. The molecule has 90 valence electrons. The van der Waals surface area contributed by atoms with Crippen LogP contribution in [0.4, 0.5) is 0 Å². The molecule has 2 nitrogen and oxygen atoms in total. The highest BCUT2D eigenvalue weighted by molar-refractivity contribution is 5.25. The fourth-order valence-corrected chi connectivity index (χ4v) is 2.18. The van der Waals surface area contributed by atoms with Gasteiger partial charge in [0.05, 0.1) is 0 Å². The number of rotatable bonds is 3. The van der Waals surface area contributed by atoms with Gasteiger partial charge >= 0.3 is 0 Å². The Balaban J connectivity index is 0.00000128. The third kappa shape index (κ3) is 4.03. The van der Waals surface area contributed by atoms with Crippen LogP contribution in [0, 0.1) is 0 Å². The monoisotopic (exact) mass is 240 g/mol. The first-order valence-electron chi connectivity index (χ1n) is 5.86. The van der Waals surface area contributed by atoms with Crippen LogP contribution < -0.4 is 17.7 Å². The van der Waals surface area contributed by atoms with Crippen LogP contribution in [0.5, 0.6) is 5.75 Å². The van der Waals surface area contributed by atoms with E-state index in [0.717, 1.165) is 6.54 Å². The van der Waals surface area contributed by atoms with Crippen LogP contribution in [0.3, 0.4) is 0 Å². The molecule has 1 aromatic carbocycles. The molecular formula is C13H19ClNO-. The molecule has 0 atom stereocenters. The van der Waals surface area contributed by atoms with Crippen molar-refractivity contribution in [3.63, 3.8) is 0 Å². The van der Waals surface area contributed by atoms with Crippen LogP contribution in [-0.2, 0) is 6.54 Å². The van der Waals surface area contributed by atoms with E-state index in [2.05, 4.69) is 5.32 Å². The van der Waals surface area contributed by atoms with Crippen molar-refractivity contribution in [1.82, 2.24) is 5.32 Å². The maximum atomic E-state index is 9.15. The molecule has 2 rings (SSSR count). The van der Waals surface area contributed by atoms with Gasteiger partial charge in [0.15, 0.2) is 0 Å². The zero-order valence-corrected chi connectivity index (χ0v) is 10.2. The topological polar surface area (TPSA) is 32.3 Å².